The summed E-state index contributed by atoms with van der Waals surface area (Å²) in [7, 11) is 0. The number of nitrogens with zero attached hydrogens (tertiary/aromatic N) is 3. The average Bonchev–Trinajstić information content (AvgIpc) is 2.46. The Bertz CT molecular complexity index is 538. The molecule has 1 aliphatic carbocycles. The number of likely N-dealkylation sites (N-methyl/N-ethyl adjacent to an activating group) is 1. The molecule has 0 amide bonds. The van der Waals surface area contributed by atoms with Crippen molar-refractivity contribution >= 4 is 17.3 Å². The molecule has 0 fully saturated rings. The molecular weight excluding hydrogens is 394 g/mol. The molecule has 0 unspecified atom stereocenters. The van der Waals surface area contributed by atoms with Gasteiger partial charge in [-0.05, 0) is 24.3 Å². The van der Waals surface area contributed by atoms with Crippen molar-refractivity contribution in [1.82, 2.24) is 4.90 Å². The van der Waals surface area contributed by atoms with Crippen molar-refractivity contribution in [1.29, 1.82) is 0 Å². The van der Waals surface area contributed by atoms with Gasteiger partial charge in [0, 0.05) is 18.7 Å². The number of hydrogen-bond donors (Lipinski definition) is 0. The van der Waals surface area contributed by atoms with Crippen LogP contribution in [0.5, 0.6) is 0 Å². The number of allylic oxidation sites excluding steroid dienone is 2. The van der Waals surface area contributed by atoms with Crippen LogP contribution in [0, 0.1) is 0 Å². The SMILES string of the molecule is CCN(Cc1ccccc1)C1(Cl)C=CC(=[N+]=[N-])C=C1.[Cl-].[Cl-].[Zn+2]. The molecule has 0 heterocycles. The summed E-state index contributed by atoms with van der Waals surface area (Å²) in [5, 5.41) is 0. The fourth-order valence-electron chi connectivity index (χ4n) is 2.07. The van der Waals surface area contributed by atoms with Gasteiger partial charge < -0.3 is 30.3 Å². The summed E-state index contributed by atoms with van der Waals surface area (Å²) < 4.78 is 0. The first-order chi connectivity index (χ1) is 9.18. The van der Waals surface area contributed by atoms with E-state index in [9.17, 15) is 0 Å². The summed E-state index contributed by atoms with van der Waals surface area (Å²) in [6.45, 7) is 3.66. The monoisotopic (exact) mass is 407 g/mol. The standard InChI is InChI=1S/C15H16ClN3.2ClH.Zn/c1-2-19(12-13-6-4-3-5-7-13)15(16)10-8-14(18-17)9-11-15;;;/h3-11H,2,12H2,1H3;2*1H;/q;;;+2/p-2. The van der Waals surface area contributed by atoms with Crippen molar-refractivity contribution in [2.24, 2.45) is 0 Å². The molecule has 0 aromatic heterocycles. The van der Waals surface area contributed by atoms with Crippen LogP contribution in [-0.4, -0.2) is 26.9 Å². The molecule has 0 atom stereocenters. The van der Waals surface area contributed by atoms with Gasteiger partial charge in [0.25, 0.3) is 0 Å². The second kappa shape index (κ2) is 11.1. The van der Waals surface area contributed by atoms with Gasteiger partial charge in [0.1, 0.15) is 5.00 Å². The van der Waals surface area contributed by atoms with Crippen LogP contribution < -0.4 is 24.8 Å². The first kappa shape index (κ1) is 23.8. The Labute approximate surface area is 161 Å². The maximum atomic E-state index is 8.72. The van der Waals surface area contributed by atoms with E-state index in [1.54, 1.807) is 12.2 Å². The van der Waals surface area contributed by atoms with E-state index in [0.29, 0.717) is 5.71 Å². The Morgan fingerprint density at radius 1 is 1.14 bits per heavy atom. The van der Waals surface area contributed by atoms with E-state index in [2.05, 4.69) is 28.7 Å². The van der Waals surface area contributed by atoms with Gasteiger partial charge in [-0.1, -0.05) is 48.9 Å². The Kier molecular flexibility index (Phi) is 12.0. The molecule has 1 aromatic carbocycles. The molecule has 1 aromatic rings. The van der Waals surface area contributed by atoms with Crippen molar-refractivity contribution in [3.8, 4) is 0 Å². The predicted octanol–water partition coefficient (Wildman–Crippen LogP) is -2.75. The molecule has 0 N–H and O–H groups in total. The third-order valence-electron chi connectivity index (χ3n) is 3.17. The molecule has 3 nitrogen and oxygen atoms in total. The predicted molar refractivity (Wildman–Crippen MR) is 78.0 cm³/mol. The van der Waals surface area contributed by atoms with Gasteiger partial charge in [-0.15, -0.1) is 0 Å². The quantitative estimate of drug-likeness (QED) is 0.175. The Hall–Kier alpha value is -0.467. The van der Waals surface area contributed by atoms with E-state index in [1.165, 1.54) is 5.56 Å². The summed E-state index contributed by atoms with van der Waals surface area (Å²) in [6.07, 6.45) is 7.13. The molecular formula is C15H16Cl3N3Zn. The molecule has 7 heteroatoms. The Morgan fingerprint density at radius 2 is 1.68 bits per heavy atom. The van der Waals surface area contributed by atoms with Crippen LogP contribution in [0.25, 0.3) is 5.53 Å². The zero-order chi connectivity index (χ0) is 13.7. The molecule has 2 rings (SSSR count). The smallest absolute Gasteiger partial charge is 1.00 e. The van der Waals surface area contributed by atoms with Crippen molar-refractivity contribution in [3.63, 3.8) is 0 Å². The molecule has 0 bridgehead atoms. The minimum absolute atomic E-state index is 0. The summed E-state index contributed by atoms with van der Waals surface area (Å²) in [5.41, 5.74) is 10.4. The molecule has 0 radical (unpaired) electrons. The zero-order valence-electron chi connectivity index (χ0n) is 12.3. The van der Waals surface area contributed by atoms with Gasteiger partial charge >= 0.3 is 25.2 Å². The van der Waals surface area contributed by atoms with Gasteiger partial charge in [0.05, 0.1) is 0 Å². The van der Waals surface area contributed by atoms with E-state index >= 15 is 0 Å². The number of rotatable bonds is 4. The van der Waals surface area contributed by atoms with E-state index in [4.69, 9.17) is 17.1 Å². The Balaban J connectivity index is 0. The molecule has 1 aliphatic rings. The largest absolute Gasteiger partial charge is 2.00 e. The van der Waals surface area contributed by atoms with E-state index in [1.807, 2.05) is 30.4 Å². The fourth-order valence-corrected chi connectivity index (χ4v) is 2.38. The van der Waals surface area contributed by atoms with Crippen molar-refractivity contribution in [2.45, 2.75) is 18.5 Å². The van der Waals surface area contributed by atoms with Crippen LogP contribution in [0.1, 0.15) is 12.5 Å². The molecule has 0 saturated carbocycles. The maximum absolute atomic E-state index is 8.72. The van der Waals surface area contributed by atoms with Crippen molar-refractivity contribution in [2.75, 3.05) is 6.54 Å². The van der Waals surface area contributed by atoms with Crippen LogP contribution in [0.4, 0.5) is 0 Å². The topological polar surface area (TPSA) is 39.6 Å². The number of benzene rings is 1. The first-order valence-corrected chi connectivity index (χ1v) is 6.64. The average molecular weight is 410 g/mol. The molecule has 22 heavy (non-hydrogen) atoms. The molecule has 0 aliphatic heterocycles. The number of hydrogen-bond acceptors (Lipinski definition) is 1. The van der Waals surface area contributed by atoms with Crippen molar-refractivity contribution in [3.05, 3.63) is 65.7 Å². The van der Waals surface area contributed by atoms with Gasteiger partial charge in [-0.3, -0.25) is 4.90 Å². The van der Waals surface area contributed by atoms with Crippen LogP contribution in [0.3, 0.4) is 0 Å². The molecule has 114 valence electrons. The first-order valence-electron chi connectivity index (χ1n) is 6.26. The van der Waals surface area contributed by atoms with E-state index in [-0.39, 0.29) is 44.3 Å². The van der Waals surface area contributed by atoms with E-state index < -0.39 is 5.00 Å². The normalized spacial score (nSPS) is 18.8. The summed E-state index contributed by atoms with van der Waals surface area (Å²) in [5.74, 6) is 0. The van der Waals surface area contributed by atoms with Crippen molar-refractivity contribution < 1.29 is 49.1 Å². The third kappa shape index (κ3) is 5.97. The number of halogens is 3. The van der Waals surface area contributed by atoms with Crippen LogP contribution in [0.15, 0.2) is 54.6 Å². The van der Waals surface area contributed by atoms with Gasteiger partial charge in [-0.25, -0.2) is 0 Å². The van der Waals surface area contributed by atoms with Crippen LogP contribution in [-0.2, 0) is 26.0 Å². The number of alkyl halides is 1. The van der Waals surface area contributed by atoms with Gasteiger partial charge in [0.2, 0.25) is 0 Å². The van der Waals surface area contributed by atoms with Gasteiger partial charge in [-0.2, -0.15) is 4.79 Å². The third-order valence-corrected chi connectivity index (χ3v) is 3.66. The Morgan fingerprint density at radius 3 is 2.14 bits per heavy atom. The molecule has 0 spiro atoms. The fraction of sp³-hybridized carbons (Fsp3) is 0.267. The van der Waals surface area contributed by atoms with Gasteiger partial charge in [0.15, 0.2) is 0 Å². The van der Waals surface area contributed by atoms with Crippen LogP contribution >= 0.6 is 11.6 Å². The second-order valence-corrected chi connectivity index (χ2v) is 5.02. The second-order valence-electron chi connectivity index (χ2n) is 4.42. The summed E-state index contributed by atoms with van der Waals surface area (Å²) in [4.78, 5) is 4.62. The minimum atomic E-state index is -0.668. The van der Waals surface area contributed by atoms with Crippen LogP contribution in [0.2, 0.25) is 0 Å². The summed E-state index contributed by atoms with van der Waals surface area (Å²) >= 11 is 6.63. The molecule has 0 saturated heterocycles. The maximum Gasteiger partial charge on any atom is 2.00 e. The summed E-state index contributed by atoms with van der Waals surface area (Å²) in [6, 6.07) is 10.2. The minimum Gasteiger partial charge on any atom is -1.00 e. The van der Waals surface area contributed by atoms with E-state index in [0.717, 1.165) is 13.1 Å². The zero-order valence-corrected chi connectivity index (χ0v) is 17.5.